The minimum atomic E-state index is -4.49. The molecule has 5 nitrogen and oxygen atoms in total. The lowest BCUT2D eigenvalue weighted by atomic mass is 10.0. The second kappa shape index (κ2) is 9.30. The van der Waals surface area contributed by atoms with Gasteiger partial charge in [-0.1, -0.05) is 48.5 Å². The highest BCUT2D eigenvalue weighted by atomic mass is 19.4. The highest BCUT2D eigenvalue weighted by Gasteiger charge is 2.30. The van der Waals surface area contributed by atoms with Crippen LogP contribution in [0.25, 0.3) is 44.5 Å². The Morgan fingerprint density at radius 1 is 0.541 bits per heavy atom. The van der Waals surface area contributed by atoms with Crippen molar-refractivity contribution < 1.29 is 40.2 Å². The zero-order valence-electron chi connectivity index (χ0n) is 18.7. The molecule has 0 spiro atoms. The maximum Gasteiger partial charge on any atom is 0.422 e. The van der Waals surface area contributed by atoms with Crippen LogP contribution in [-0.4, -0.2) is 35.8 Å². The van der Waals surface area contributed by atoms with Gasteiger partial charge in [0.1, 0.15) is 11.5 Å². The van der Waals surface area contributed by atoms with E-state index in [1.807, 2.05) is 0 Å². The minimum absolute atomic E-state index is 0.0526. The van der Waals surface area contributed by atoms with E-state index in [9.17, 15) is 26.3 Å². The number of alkyl halides is 6. The third kappa shape index (κ3) is 5.30. The van der Waals surface area contributed by atoms with Gasteiger partial charge in [0.25, 0.3) is 0 Å². The summed E-state index contributed by atoms with van der Waals surface area (Å²) in [7, 11) is 0. The highest BCUT2D eigenvalue weighted by molar-refractivity contribution is 6.00. The van der Waals surface area contributed by atoms with Gasteiger partial charge in [-0.3, -0.25) is 0 Å². The second-order valence-corrected chi connectivity index (χ2v) is 8.03. The number of nitrogens with zero attached hydrogens (tertiary/aromatic N) is 2. The van der Waals surface area contributed by atoms with Gasteiger partial charge in [-0.2, -0.15) is 26.3 Å². The molecule has 0 saturated heterocycles. The van der Waals surface area contributed by atoms with Crippen LogP contribution in [0.4, 0.5) is 26.3 Å². The maximum absolute atomic E-state index is 12.7. The molecule has 0 N–H and O–H groups in total. The lowest BCUT2D eigenvalue weighted by molar-refractivity contribution is -0.153. The molecule has 1 aromatic heterocycles. The lowest BCUT2D eigenvalue weighted by Gasteiger charge is -2.13. The summed E-state index contributed by atoms with van der Waals surface area (Å²) in [5, 5.41) is 10.2. The topological polar surface area (TPSA) is 57.4 Å². The van der Waals surface area contributed by atoms with Crippen LogP contribution in [0, 0.1) is 0 Å². The van der Waals surface area contributed by atoms with E-state index >= 15 is 0 Å². The monoisotopic (exact) mass is 518 g/mol. The summed E-state index contributed by atoms with van der Waals surface area (Å²) in [6.45, 7) is -2.87. The van der Waals surface area contributed by atoms with Crippen molar-refractivity contribution in [1.82, 2.24) is 10.2 Å². The van der Waals surface area contributed by atoms with Crippen LogP contribution >= 0.6 is 0 Å². The van der Waals surface area contributed by atoms with E-state index in [2.05, 4.69) is 10.2 Å². The van der Waals surface area contributed by atoms with Crippen LogP contribution in [0.2, 0.25) is 0 Å². The van der Waals surface area contributed by atoms with Crippen molar-refractivity contribution in [1.29, 1.82) is 0 Å². The SMILES string of the molecule is FC(F)(F)COc1ccc(-c2nnc(-c3ccc(OCC(F)(F)F)c4ccccc34)o2)c2ccccc12. The standard InChI is InChI=1S/C26H16F6N2O3/c27-25(28,29)13-35-21-11-9-19(15-5-1-3-7-17(15)21)23-33-34-24(37-23)20-10-12-22(36-14-26(30,31)32)18-8-4-2-6-16(18)20/h1-12H,13-14H2. The first-order chi connectivity index (χ1) is 17.6. The van der Waals surface area contributed by atoms with Crippen LogP contribution < -0.4 is 9.47 Å². The van der Waals surface area contributed by atoms with Gasteiger partial charge in [0.15, 0.2) is 13.2 Å². The first-order valence-corrected chi connectivity index (χ1v) is 10.9. The molecule has 0 atom stereocenters. The van der Waals surface area contributed by atoms with Crippen LogP contribution in [0.5, 0.6) is 11.5 Å². The number of hydrogen-bond donors (Lipinski definition) is 0. The van der Waals surface area contributed by atoms with E-state index in [0.717, 1.165) is 0 Å². The molecule has 0 unspecified atom stereocenters. The number of ether oxygens (including phenoxy) is 2. The molecule has 0 saturated carbocycles. The van der Waals surface area contributed by atoms with E-state index in [-0.39, 0.29) is 23.3 Å². The van der Waals surface area contributed by atoms with E-state index in [0.29, 0.717) is 32.7 Å². The molecule has 0 fully saturated rings. The fourth-order valence-corrected chi connectivity index (χ4v) is 3.93. The van der Waals surface area contributed by atoms with Gasteiger partial charge in [-0.05, 0) is 35.0 Å². The van der Waals surface area contributed by atoms with Crippen molar-refractivity contribution in [3.8, 4) is 34.4 Å². The smallest absolute Gasteiger partial charge is 0.422 e. The van der Waals surface area contributed by atoms with Crippen LogP contribution in [0.1, 0.15) is 0 Å². The Morgan fingerprint density at radius 3 is 1.30 bits per heavy atom. The molecule has 0 aliphatic heterocycles. The third-order valence-electron chi connectivity index (χ3n) is 5.44. The molecule has 0 aliphatic carbocycles. The van der Waals surface area contributed by atoms with Crippen molar-refractivity contribution in [3.63, 3.8) is 0 Å². The highest BCUT2D eigenvalue weighted by Crippen LogP contribution is 2.38. The summed E-state index contributed by atoms with van der Waals surface area (Å²) in [4.78, 5) is 0. The zero-order chi connectivity index (χ0) is 26.2. The summed E-state index contributed by atoms with van der Waals surface area (Å²) in [5.74, 6) is 0.318. The van der Waals surface area contributed by atoms with E-state index in [1.165, 1.54) is 24.3 Å². The zero-order valence-corrected chi connectivity index (χ0v) is 18.7. The van der Waals surface area contributed by atoms with Crippen LogP contribution in [0.3, 0.4) is 0 Å². The molecule has 0 radical (unpaired) electrons. The molecule has 0 bridgehead atoms. The Morgan fingerprint density at radius 2 is 0.919 bits per heavy atom. The summed E-state index contributed by atoms with van der Waals surface area (Å²) < 4.78 is 91.9. The fraction of sp³-hybridized carbons (Fsp3) is 0.154. The molecule has 5 rings (SSSR count). The van der Waals surface area contributed by atoms with Gasteiger partial charge in [-0.25, -0.2) is 0 Å². The molecular formula is C26H16F6N2O3. The third-order valence-corrected chi connectivity index (χ3v) is 5.44. The number of aromatic nitrogens is 2. The maximum atomic E-state index is 12.7. The van der Waals surface area contributed by atoms with E-state index < -0.39 is 25.6 Å². The van der Waals surface area contributed by atoms with Gasteiger partial charge in [-0.15, -0.1) is 10.2 Å². The molecule has 5 aromatic rings. The Balaban J connectivity index is 1.52. The average Bonchev–Trinajstić information content (AvgIpc) is 3.34. The Labute approximate surface area is 205 Å². The van der Waals surface area contributed by atoms with Gasteiger partial charge >= 0.3 is 12.4 Å². The summed E-state index contributed by atoms with van der Waals surface area (Å²) in [6.07, 6.45) is -8.98. The van der Waals surface area contributed by atoms with Crippen molar-refractivity contribution in [2.75, 3.05) is 13.2 Å². The molecule has 190 valence electrons. The van der Waals surface area contributed by atoms with Crippen molar-refractivity contribution in [2.45, 2.75) is 12.4 Å². The van der Waals surface area contributed by atoms with Crippen molar-refractivity contribution in [3.05, 3.63) is 72.8 Å². The molecule has 11 heteroatoms. The van der Waals surface area contributed by atoms with E-state index in [1.54, 1.807) is 48.5 Å². The van der Waals surface area contributed by atoms with E-state index in [4.69, 9.17) is 13.9 Å². The number of fused-ring (bicyclic) bond motifs is 2. The van der Waals surface area contributed by atoms with Crippen molar-refractivity contribution >= 4 is 21.5 Å². The number of rotatable bonds is 6. The van der Waals surface area contributed by atoms with Gasteiger partial charge in [0, 0.05) is 21.9 Å². The number of hydrogen-bond acceptors (Lipinski definition) is 5. The largest absolute Gasteiger partial charge is 0.483 e. The van der Waals surface area contributed by atoms with Crippen LogP contribution in [0.15, 0.2) is 77.2 Å². The molecule has 37 heavy (non-hydrogen) atoms. The lowest BCUT2D eigenvalue weighted by Crippen LogP contribution is -2.19. The fourth-order valence-electron chi connectivity index (χ4n) is 3.93. The van der Waals surface area contributed by atoms with Gasteiger partial charge in [0.05, 0.1) is 0 Å². The summed E-state index contributed by atoms with van der Waals surface area (Å²) in [5.41, 5.74) is 0.950. The normalized spacial score (nSPS) is 12.3. The minimum Gasteiger partial charge on any atom is -0.483 e. The first kappa shape index (κ1) is 24.4. The Kier molecular flexibility index (Phi) is 6.14. The van der Waals surface area contributed by atoms with Gasteiger partial charge < -0.3 is 13.9 Å². The average molecular weight is 518 g/mol. The summed E-state index contributed by atoms with van der Waals surface area (Å²) >= 11 is 0. The predicted molar refractivity (Wildman–Crippen MR) is 123 cm³/mol. The van der Waals surface area contributed by atoms with Gasteiger partial charge in [0.2, 0.25) is 11.8 Å². The quantitative estimate of drug-likeness (QED) is 0.217. The van der Waals surface area contributed by atoms with Crippen LogP contribution in [-0.2, 0) is 0 Å². The Bertz CT molecular complexity index is 1460. The second-order valence-electron chi connectivity index (χ2n) is 8.03. The predicted octanol–water partition coefficient (Wildman–Crippen LogP) is 7.59. The molecule has 0 aliphatic rings. The molecular weight excluding hydrogens is 502 g/mol. The molecule has 4 aromatic carbocycles. The molecule has 1 heterocycles. The van der Waals surface area contributed by atoms with Crippen molar-refractivity contribution in [2.24, 2.45) is 0 Å². The number of benzene rings is 4. The summed E-state index contributed by atoms with van der Waals surface area (Å²) in [6, 6.07) is 19.2. The first-order valence-electron chi connectivity index (χ1n) is 10.9. The molecule has 0 amide bonds. The number of halogens is 6. The Hall–Kier alpha value is -4.28.